The molecule has 2 atom stereocenters. The Labute approximate surface area is 183 Å². The van der Waals surface area contributed by atoms with Gasteiger partial charge in [-0.15, -0.1) is 0 Å². The van der Waals surface area contributed by atoms with E-state index in [-0.39, 0.29) is 22.1 Å². The number of hydrogen-bond donors (Lipinski definition) is 0. The van der Waals surface area contributed by atoms with Gasteiger partial charge in [-0.2, -0.15) is 0 Å². The molecule has 6 heteroatoms. The van der Waals surface area contributed by atoms with Gasteiger partial charge in [-0.05, 0) is 42.7 Å². The predicted molar refractivity (Wildman–Crippen MR) is 130 cm³/mol. The second-order valence-electron chi connectivity index (χ2n) is 11.4. The fraction of sp³-hybridized carbons (Fsp3) is 0.957. The molecular weight excluding hydrogens is 396 g/mol. The van der Waals surface area contributed by atoms with Crippen molar-refractivity contribution in [3.05, 3.63) is 0 Å². The molecule has 0 fully saturated rings. The lowest BCUT2D eigenvalue weighted by atomic mass is 10.0. The molecule has 0 saturated heterocycles. The molecule has 0 saturated carbocycles. The minimum Gasteiger partial charge on any atom is -0.467 e. The zero-order valence-corrected chi connectivity index (χ0v) is 23.5. The van der Waals surface area contributed by atoms with Crippen molar-refractivity contribution in [2.24, 2.45) is 0 Å². The Kier molecular flexibility index (Phi) is 11.4. The highest BCUT2D eigenvalue weighted by molar-refractivity contribution is 6.74. The first-order valence-electron chi connectivity index (χ1n) is 11.4. The Balaban J connectivity index is 5.73. The summed E-state index contributed by atoms with van der Waals surface area (Å²) in [5.41, 5.74) is 0. The maximum Gasteiger partial charge on any atom is 0.336 e. The van der Waals surface area contributed by atoms with Gasteiger partial charge in [0.2, 0.25) is 0 Å². The number of methoxy groups -OCH3 is 1. The van der Waals surface area contributed by atoms with Crippen LogP contribution in [0.5, 0.6) is 0 Å². The highest BCUT2D eigenvalue weighted by Crippen LogP contribution is 2.41. The van der Waals surface area contributed by atoms with Crippen LogP contribution in [0.25, 0.3) is 0 Å². The lowest BCUT2D eigenvalue weighted by molar-refractivity contribution is -0.154. The van der Waals surface area contributed by atoms with Gasteiger partial charge in [0, 0.05) is 0 Å². The second-order valence-corrected chi connectivity index (χ2v) is 21.0. The summed E-state index contributed by atoms with van der Waals surface area (Å²) in [4.78, 5) is 12.8. The number of rotatable bonds is 12. The summed E-state index contributed by atoms with van der Waals surface area (Å²) in [7, 11) is -2.76. The van der Waals surface area contributed by atoms with E-state index < -0.39 is 22.7 Å². The molecule has 0 aliphatic carbocycles. The number of esters is 1. The smallest absolute Gasteiger partial charge is 0.336 e. The van der Waals surface area contributed by atoms with Crippen molar-refractivity contribution in [1.29, 1.82) is 0 Å². The first-order valence-corrected chi connectivity index (χ1v) is 17.3. The molecule has 0 N–H and O–H groups in total. The summed E-state index contributed by atoms with van der Waals surface area (Å²) in [6, 6.07) is 0. The van der Waals surface area contributed by atoms with Crippen molar-refractivity contribution < 1.29 is 18.4 Å². The van der Waals surface area contributed by atoms with Crippen LogP contribution in [0.4, 0.5) is 0 Å². The third-order valence-electron chi connectivity index (χ3n) is 6.84. The minimum atomic E-state index is -2.16. The van der Waals surface area contributed by atoms with E-state index in [2.05, 4.69) is 74.7 Å². The molecule has 0 amide bonds. The van der Waals surface area contributed by atoms with Crippen LogP contribution in [-0.4, -0.2) is 41.9 Å². The number of unbranched alkanes of at least 4 members (excludes halogenated alkanes) is 4. The van der Waals surface area contributed by atoms with Gasteiger partial charge in [-0.1, -0.05) is 80.6 Å². The molecule has 0 radical (unpaired) electrons. The molecule has 0 spiro atoms. The normalized spacial score (nSPS) is 15.9. The summed E-state index contributed by atoms with van der Waals surface area (Å²) in [5, 5.41) is 0.0903. The monoisotopic (exact) mass is 446 g/mol. The highest BCUT2D eigenvalue weighted by Gasteiger charge is 2.46. The van der Waals surface area contributed by atoms with Gasteiger partial charge in [0.05, 0.1) is 13.2 Å². The molecule has 29 heavy (non-hydrogen) atoms. The molecule has 4 nitrogen and oxygen atoms in total. The number of carbonyl (C=O) groups excluding carboxylic acids is 1. The first kappa shape index (κ1) is 28.8. The molecule has 0 aliphatic rings. The van der Waals surface area contributed by atoms with Gasteiger partial charge < -0.3 is 13.6 Å². The van der Waals surface area contributed by atoms with E-state index in [4.69, 9.17) is 13.6 Å². The van der Waals surface area contributed by atoms with Crippen molar-refractivity contribution >= 4 is 22.6 Å². The molecule has 0 aromatic carbocycles. The number of carbonyl (C=O) groups is 1. The molecular formula is C23H50O4Si2. The van der Waals surface area contributed by atoms with Crippen molar-refractivity contribution in [2.75, 3.05) is 7.11 Å². The molecule has 0 heterocycles. The fourth-order valence-electron chi connectivity index (χ4n) is 2.66. The largest absolute Gasteiger partial charge is 0.467 e. The van der Waals surface area contributed by atoms with Crippen LogP contribution in [0.1, 0.15) is 87.0 Å². The lowest BCUT2D eigenvalue weighted by Crippen LogP contribution is -2.54. The van der Waals surface area contributed by atoms with Gasteiger partial charge in [0.1, 0.15) is 0 Å². The summed E-state index contributed by atoms with van der Waals surface area (Å²) in [5.74, 6) is -0.299. The minimum absolute atomic E-state index is 0.0158. The third-order valence-corrected chi connectivity index (χ3v) is 15.8. The molecule has 0 aromatic rings. The van der Waals surface area contributed by atoms with Crippen LogP contribution < -0.4 is 0 Å². The zero-order valence-electron chi connectivity index (χ0n) is 21.5. The van der Waals surface area contributed by atoms with E-state index in [1.54, 1.807) is 0 Å². The van der Waals surface area contributed by atoms with Gasteiger partial charge in [-0.3, -0.25) is 0 Å². The third kappa shape index (κ3) is 9.24. The molecule has 174 valence electrons. The molecule has 0 rings (SSSR count). The van der Waals surface area contributed by atoms with Crippen LogP contribution in [0.3, 0.4) is 0 Å². The number of hydrogen-bond acceptors (Lipinski definition) is 4. The van der Waals surface area contributed by atoms with Crippen molar-refractivity contribution in [3.63, 3.8) is 0 Å². The maximum atomic E-state index is 12.8. The topological polar surface area (TPSA) is 44.8 Å². The predicted octanol–water partition coefficient (Wildman–Crippen LogP) is 7.30. The van der Waals surface area contributed by atoms with Gasteiger partial charge in [-0.25, -0.2) is 4.79 Å². The Morgan fingerprint density at radius 3 is 1.66 bits per heavy atom. The van der Waals surface area contributed by atoms with Crippen LogP contribution in [0, 0.1) is 0 Å². The highest BCUT2D eigenvalue weighted by atomic mass is 28.4. The van der Waals surface area contributed by atoms with Gasteiger partial charge in [0.25, 0.3) is 0 Å². The quantitative estimate of drug-likeness (QED) is 0.179. The molecule has 0 unspecified atom stereocenters. The van der Waals surface area contributed by atoms with Crippen molar-refractivity contribution in [1.82, 2.24) is 0 Å². The Morgan fingerprint density at radius 1 is 0.793 bits per heavy atom. The average molecular weight is 447 g/mol. The van der Waals surface area contributed by atoms with E-state index >= 15 is 0 Å². The van der Waals surface area contributed by atoms with Crippen LogP contribution in [-0.2, 0) is 18.4 Å². The van der Waals surface area contributed by atoms with Gasteiger partial charge >= 0.3 is 5.97 Å². The molecule has 0 aromatic heterocycles. The van der Waals surface area contributed by atoms with Crippen molar-refractivity contribution in [2.45, 2.75) is 135 Å². The van der Waals surface area contributed by atoms with Crippen molar-refractivity contribution in [3.8, 4) is 0 Å². The summed E-state index contributed by atoms with van der Waals surface area (Å²) < 4.78 is 18.6. The summed E-state index contributed by atoms with van der Waals surface area (Å²) >= 11 is 0. The van der Waals surface area contributed by atoms with E-state index in [9.17, 15) is 4.79 Å². The maximum absolute atomic E-state index is 12.8. The van der Waals surface area contributed by atoms with E-state index in [0.717, 1.165) is 12.8 Å². The summed E-state index contributed by atoms with van der Waals surface area (Å²) in [6.45, 7) is 24.4. The Bertz CT molecular complexity index is 490. The standard InChI is InChI=1S/C23H50O4Si2/c1-13-14-15-16-17-18-19(26-28(9,10)22(2,3)4)20(21(24)25-8)27-29(11,12)23(5,6)7/h19-20H,13-18H2,1-12H3/t19-,20+/m0/s1. The van der Waals surface area contributed by atoms with E-state index in [0.29, 0.717) is 0 Å². The second kappa shape index (κ2) is 11.4. The first-order chi connectivity index (χ1) is 13.0. The van der Waals surface area contributed by atoms with Gasteiger partial charge in [0.15, 0.2) is 22.7 Å². The SMILES string of the molecule is CCCCCCC[C@H](O[Si](C)(C)C(C)(C)C)[C@@H](O[Si](C)(C)C(C)(C)C)C(=O)OC. The van der Waals surface area contributed by atoms with E-state index in [1.165, 1.54) is 32.8 Å². The lowest BCUT2D eigenvalue weighted by Gasteiger charge is -2.44. The van der Waals surface area contributed by atoms with Crippen LogP contribution in [0.15, 0.2) is 0 Å². The van der Waals surface area contributed by atoms with E-state index in [1.807, 2.05) is 0 Å². The molecule has 0 bridgehead atoms. The van der Waals surface area contributed by atoms with Crippen LogP contribution in [0.2, 0.25) is 36.3 Å². The Hall–Kier alpha value is -0.176. The fourth-order valence-corrected chi connectivity index (χ4v) is 5.25. The average Bonchev–Trinajstić information content (AvgIpc) is 2.55. The Morgan fingerprint density at radius 2 is 1.24 bits per heavy atom. The molecule has 0 aliphatic heterocycles. The number of ether oxygens (including phenoxy) is 1. The summed E-state index contributed by atoms with van der Waals surface area (Å²) in [6.07, 6.45) is 5.87. The zero-order chi connectivity index (χ0) is 23.1. The van der Waals surface area contributed by atoms with Crippen LogP contribution >= 0.6 is 0 Å².